The fourth-order valence-corrected chi connectivity index (χ4v) is 4.07. The van der Waals surface area contributed by atoms with Crippen molar-refractivity contribution in [3.05, 3.63) is 17.8 Å². The van der Waals surface area contributed by atoms with Crippen molar-refractivity contribution >= 4 is 11.7 Å². The van der Waals surface area contributed by atoms with E-state index in [0.717, 1.165) is 18.5 Å². The van der Waals surface area contributed by atoms with Crippen LogP contribution < -0.4 is 4.90 Å². The minimum absolute atomic E-state index is 0.0472. The zero-order valence-corrected chi connectivity index (χ0v) is 14.5. The number of amides is 1. The van der Waals surface area contributed by atoms with Crippen LogP contribution in [0.1, 0.15) is 37.8 Å². The van der Waals surface area contributed by atoms with Gasteiger partial charge in [0.25, 0.3) is 5.92 Å². The lowest BCUT2D eigenvalue weighted by atomic mass is 9.75. The number of piperidine rings is 1. The van der Waals surface area contributed by atoms with E-state index in [2.05, 4.69) is 10.2 Å². The summed E-state index contributed by atoms with van der Waals surface area (Å²) in [7, 11) is 0. The third kappa shape index (κ3) is 3.09. The molecule has 25 heavy (non-hydrogen) atoms. The minimum atomic E-state index is -2.75. The van der Waals surface area contributed by atoms with Crippen LogP contribution in [-0.2, 0) is 4.79 Å². The van der Waals surface area contributed by atoms with Crippen molar-refractivity contribution in [2.24, 2.45) is 11.3 Å². The largest absolute Gasteiger partial charge is 0.354 e. The summed E-state index contributed by atoms with van der Waals surface area (Å²) in [4.78, 5) is 16.0. The number of carbonyl (C=O) groups is 1. The van der Waals surface area contributed by atoms with Gasteiger partial charge in [0.05, 0.1) is 11.1 Å². The summed E-state index contributed by atoms with van der Waals surface area (Å²) in [5.41, 5.74) is -0.366. The van der Waals surface area contributed by atoms with E-state index in [-0.39, 0.29) is 32.0 Å². The number of carbonyl (C=O) groups excluding carboxylic acids is 1. The molecule has 3 heterocycles. The van der Waals surface area contributed by atoms with Crippen molar-refractivity contribution in [1.29, 1.82) is 0 Å². The number of halogens is 2. The standard InChI is InChI=1S/C18H24F2N4O/c1-13-2-5-15(22-21-13)23-8-6-17(11-23)12-24(9-7-18(17,19)20)16(25)10-14-3-4-14/h2,5,14H,3-4,6-12H2,1H3. The van der Waals surface area contributed by atoms with Crippen LogP contribution in [0, 0.1) is 18.3 Å². The van der Waals surface area contributed by atoms with Gasteiger partial charge < -0.3 is 9.80 Å². The second-order valence-corrected chi connectivity index (χ2v) is 7.90. The van der Waals surface area contributed by atoms with Crippen LogP contribution in [0.4, 0.5) is 14.6 Å². The molecule has 5 nitrogen and oxygen atoms in total. The molecule has 3 aliphatic rings. The first kappa shape index (κ1) is 16.7. The first-order chi connectivity index (χ1) is 11.9. The number of aryl methyl sites for hydroxylation is 1. The first-order valence-electron chi connectivity index (χ1n) is 9.09. The number of likely N-dealkylation sites (tertiary alicyclic amines) is 1. The molecule has 3 fully saturated rings. The van der Waals surface area contributed by atoms with Crippen LogP contribution in [0.15, 0.2) is 12.1 Å². The number of nitrogens with zero attached hydrogens (tertiary/aromatic N) is 4. The lowest BCUT2D eigenvalue weighted by Gasteiger charge is -2.46. The van der Waals surface area contributed by atoms with Crippen LogP contribution in [0.3, 0.4) is 0 Å². The van der Waals surface area contributed by atoms with Crippen LogP contribution in [-0.4, -0.2) is 53.1 Å². The number of rotatable bonds is 3. The Kier molecular flexibility index (Phi) is 3.92. The number of hydrogen-bond donors (Lipinski definition) is 0. The zero-order chi connectivity index (χ0) is 17.7. The second-order valence-electron chi connectivity index (χ2n) is 7.90. The lowest BCUT2D eigenvalue weighted by molar-refractivity contribution is -0.169. The molecule has 1 unspecified atom stereocenters. The Morgan fingerprint density at radius 3 is 2.68 bits per heavy atom. The Balaban J connectivity index is 1.51. The Hall–Kier alpha value is -1.79. The minimum Gasteiger partial charge on any atom is -0.354 e. The average Bonchev–Trinajstić information content (AvgIpc) is 3.28. The van der Waals surface area contributed by atoms with Crippen LogP contribution >= 0.6 is 0 Å². The molecule has 1 atom stereocenters. The highest BCUT2D eigenvalue weighted by Gasteiger charge is 2.60. The molecule has 0 N–H and O–H groups in total. The Morgan fingerprint density at radius 1 is 1.20 bits per heavy atom. The Bertz CT molecular complexity index is 662. The fourth-order valence-electron chi connectivity index (χ4n) is 4.07. The summed E-state index contributed by atoms with van der Waals surface area (Å²) in [6.45, 7) is 2.93. The van der Waals surface area contributed by atoms with Gasteiger partial charge in [0.15, 0.2) is 5.82 Å². The molecule has 136 valence electrons. The van der Waals surface area contributed by atoms with Crippen LogP contribution in [0.2, 0.25) is 0 Å². The molecule has 1 amide bonds. The summed E-state index contributed by atoms with van der Waals surface area (Å²) < 4.78 is 29.7. The molecule has 2 saturated heterocycles. The second kappa shape index (κ2) is 5.88. The smallest absolute Gasteiger partial charge is 0.258 e. The maximum Gasteiger partial charge on any atom is 0.258 e. The molecule has 0 bridgehead atoms. The van der Waals surface area contributed by atoms with Crippen LogP contribution in [0.25, 0.3) is 0 Å². The van der Waals surface area contributed by atoms with E-state index in [1.807, 2.05) is 24.0 Å². The molecule has 1 aromatic rings. The number of alkyl halides is 2. The molecule has 4 rings (SSSR count). The SMILES string of the molecule is Cc1ccc(N2CCC3(CN(C(=O)CC4CC4)CCC3(F)F)C2)nn1. The number of anilines is 1. The highest BCUT2D eigenvalue weighted by molar-refractivity contribution is 5.77. The zero-order valence-electron chi connectivity index (χ0n) is 14.5. The molecular formula is C18H24F2N4O. The van der Waals surface area contributed by atoms with Crippen molar-refractivity contribution in [1.82, 2.24) is 15.1 Å². The summed E-state index contributed by atoms with van der Waals surface area (Å²) in [5.74, 6) is -1.59. The van der Waals surface area contributed by atoms with Crippen molar-refractivity contribution < 1.29 is 13.6 Å². The van der Waals surface area contributed by atoms with Gasteiger partial charge in [-0.05, 0) is 44.2 Å². The molecule has 0 radical (unpaired) electrons. The van der Waals surface area contributed by atoms with Crippen molar-refractivity contribution in [2.75, 3.05) is 31.1 Å². The normalized spacial score (nSPS) is 28.6. The van der Waals surface area contributed by atoms with Gasteiger partial charge in [-0.25, -0.2) is 8.78 Å². The van der Waals surface area contributed by atoms with E-state index >= 15 is 0 Å². The van der Waals surface area contributed by atoms with Crippen LogP contribution in [0.5, 0.6) is 0 Å². The first-order valence-corrected chi connectivity index (χ1v) is 9.09. The lowest BCUT2D eigenvalue weighted by Crippen LogP contribution is -2.58. The molecule has 1 aliphatic carbocycles. The summed E-state index contributed by atoms with van der Waals surface area (Å²) in [6, 6.07) is 3.68. The molecule has 0 aromatic carbocycles. The Morgan fingerprint density at radius 2 is 2.00 bits per heavy atom. The highest BCUT2D eigenvalue weighted by atomic mass is 19.3. The molecule has 1 spiro atoms. The number of hydrogen-bond acceptors (Lipinski definition) is 4. The monoisotopic (exact) mass is 350 g/mol. The van der Waals surface area contributed by atoms with Crippen molar-refractivity contribution in [2.45, 2.75) is 45.0 Å². The Labute approximate surface area is 146 Å². The van der Waals surface area contributed by atoms with Gasteiger partial charge in [-0.15, -0.1) is 5.10 Å². The van der Waals surface area contributed by atoms with E-state index in [0.29, 0.717) is 31.1 Å². The highest BCUT2D eigenvalue weighted by Crippen LogP contribution is 2.50. The third-order valence-electron chi connectivity index (χ3n) is 5.94. The van der Waals surface area contributed by atoms with Crippen molar-refractivity contribution in [3.8, 4) is 0 Å². The maximum absolute atomic E-state index is 14.8. The summed E-state index contributed by atoms with van der Waals surface area (Å²) >= 11 is 0. The molecule has 1 aromatic heterocycles. The van der Waals surface area contributed by atoms with Gasteiger partial charge in [-0.2, -0.15) is 5.10 Å². The number of aromatic nitrogens is 2. The fraction of sp³-hybridized carbons (Fsp3) is 0.722. The average molecular weight is 350 g/mol. The van der Waals surface area contributed by atoms with E-state index in [9.17, 15) is 13.6 Å². The van der Waals surface area contributed by atoms with E-state index in [4.69, 9.17) is 0 Å². The van der Waals surface area contributed by atoms with Crippen molar-refractivity contribution in [3.63, 3.8) is 0 Å². The van der Waals surface area contributed by atoms with Gasteiger partial charge in [0.2, 0.25) is 5.91 Å². The molecule has 2 aliphatic heterocycles. The predicted octanol–water partition coefficient (Wildman–Crippen LogP) is 2.65. The van der Waals surface area contributed by atoms with Gasteiger partial charge in [0, 0.05) is 39.0 Å². The van der Waals surface area contributed by atoms with Gasteiger partial charge in [0.1, 0.15) is 0 Å². The summed E-state index contributed by atoms with van der Waals surface area (Å²) in [6.07, 6.45) is 2.86. The van der Waals surface area contributed by atoms with E-state index in [1.165, 1.54) is 0 Å². The third-order valence-corrected chi connectivity index (χ3v) is 5.94. The van der Waals surface area contributed by atoms with Gasteiger partial charge in [-0.3, -0.25) is 4.79 Å². The molecule has 7 heteroatoms. The van der Waals surface area contributed by atoms with E-state index < -0.39 is 11.3 Å². The molecule has 1 saturated carbocycles. The topological polar surface area (TPSA) is 49.3 Å². The predicted molar refractivity (Wildman–Crippen MR) is 89.5 cm³/mol. The maximum atomic E-state index is 14.8. The van der Waals surface area contributed by atoms with E-state index in [1.54, 1.807) is 4.90 Å². The van der Waals surface area contributed by atoms with Gasteiger partial charge >= 0.3 is 0 Å². The summed E-state index contributed by atoms with van der Waals surface area (Å²) in [5, 5.41) is 8.17. The van der Waals surface area contributed by atoms with Gasteiger partial charge in [-0.1, -0.05) is 0 Å². The molecular weight excluding hydrogens is 326 g/mol. The quantitative estimate of drug-likeness (QED) is 0.841.